The normalized spacial score (nSPS) is 24.4. The van der Waals surface area contributed by atoms with Crippen LogP contribution >= 0.6 is 12.2 Å². The molecule has 0 aliphatic carbocycles. The van der Waals surface area contributed by atoms with Gasteiger partial charge in [-0.05, 0) is 19.1 Å². The minimum absolute atomic E-state index is 0.293. The number of nitrogens with one attached hydrogen (secondary N) is 1. The molecule has 0 unspecified atom stereocenters. The van der Waals surface area contributed by atoms with Gasteiger partial charge in [-0.15, -0.1) is 0 Å². The number of hydrogen-bond donors (Lipinski definition) is 1. The second kappa shape index (κ2) is 5.27. The van der Waals surface area contributed by atoms with Crippen LogP contribution in [0.1, 0.15) is 13.8 Å². The zero-order valence-corrected chi connectivity index (χ0v) is 11.7. The van der Waals surface area contributed by atoms with E-state index in [0.717, 1.165) is 5.82 Å². The summed E-state index contributed by atoms with van der Waals surface area (Å²) in [5.74, 6) is 0.712. The van der Waals surface area contributed by atoms with E-state index in [-0.39, 0.29) is 5.91 Å². The number of thiocarbonyl (C=S) groups is 1. The van der Waals surface area contributed by atoms with Gasteiger partial charge in [0.1, 0.15) is 0 Å². The molecule has 7 nitrogen and oxygen atoms in total. The van der Waals surface area contributed by atoms with Gasteiger partial charge in [0, 0.05) is 32.9 Å². The molecule has 100 valence electrons. The second-order valence-electron chi connectivity index (χ2n) is 3.90. The maximum atomic E-state index is 11.2. The summed E-state index contributed by atoms with van der Waals surface area (Å²) in [4.78, 5) is 25.3. The molecule has 1 N–H and O–H groups in total. The van der Waals surface area contributed by atoms with Crippen molar-refractivity contribution < 1.29 is 4.79 Å². The molecule has 0 aromatic heterocycles. The van der Waals surface area contributed by atoms with Crippen molar-refractivity contribution in [3.63, 3.8) is 0 Å². The van der Waals surface area contributed by atoms with E-state index >= 15 is 0 Å². The van der Waals surface area contributed by atoms with Gasteiger partial charge >= 0.3 is 0 Å². The van der Waals surface area contributed by atoms with Crippen LogP contribution in [0, 0.1) is 0 Å². The average molecular weight is 278 g/mol. The molecule has 0 saturated carbocycles. The standard InChI is InChI=1S/C11H14N6OS/c1-4-17-10(16(3)15-11(17)19)8-9(14-7(2)18)13-6-5-12-8/h5-6H,4H2,1-3H3,(H,15,19)/b10-8-,14-9?. The summed E-state index contributed by atoms with van der Waals surface area (Å²) in [5.41, 5.74) is 3.53. The van der Waals surface area contributed by atoms with Crippen LogP contribution < -0.4 is 5.43 Å². The number of amidine groups is 1. The van der Waals surface area contributed by atoms with Crippen molar-refractivity contribution in [1.82, 2.24) is 15.3 Å². The lowest BCUT2D eigenvalue weighted by atomic mass is 10.3. The van der Waals surface area contributed by atoms with Gasteiger partial charge in [-0.1, -0.05) is 0 Å². The zero-order chi connectivity index (χ0) is 14.0. The maximum Gasteiger partial charge on any atom is 0.244 e. The highest BCUT2D eigenvalue weighted by Gasteiger charge is 2.31. The van der Waals surface area contributed by atoms with Crippen LogP contribution in [-0.2, 0) is 4.79 Å². The van der Waals surface area contributed by atoms with E-state index in [1.54, 1.807) is 11.2 Å². The van der Waals surface area contributed by atoms with Gasteiger partial charge in [0.05, 0.1) is 0 Å². The SMILES string of the molecule is CCN1C(=S)NN(C)/C1=C1/N=CC=NC1=NC(C)=O. The Bertz CT molecular complexity index is 547. The number of carbonyl (C=O) groups is 1. The fraction of sp³-hybridized carbons (Fsp3) is 0.364. The topological polar surface area (TPSA) is 72.7 Å². The summed E-state index contributed by atoms with van der Waals surface area (Å²) in [6, 6.07) is 0. The number of rotatable bonds is 1. The number of nitrogens with zero attached hydrogens (tertiary/aromatic N) is 5. The Balaban J connectivity index is 2.54. The van der Waals surface area contributed by atoms with E-state index in [1.165, 1.54) is 13.1 Å². The lowest BCUT2D eigenvalue weighted by Gasteiger charge is -2.20. The predicted octanol–water partition coefficient (Wildman–Crippen LogP) is 0.312. The Labute approximate surface area is 116 Å². The van der Waals surface area contributed by atoms with E-state index in [1.807, 2.05) is 18.9 Å². The summed E-state index contributed by atoms with van der Waals surface area (Å²) in [6.45, 7) is 4.04. The van der Waals surface area contributed by atoms with Crippen molar-refractivity contribution in [2.45, 2.75) is 13.8 Å². The molecule has 2 heterocycles. The molecule has 0 aromatic rings. The molecule has 2 aliphatic heterocycles. The number of hydrazine groups is 1. The van der Waals surface area contributed by atoms with Gasteiger partial charge in [0.25, 0.3) is 0 Å². The molecule has 1 amide bonds. The molecular formula is C11H14N6OS. The third kappa shape index (κ3) is 2.53. The van der Waals surface area contributed by atoms with Gasteiger partial charge in [-0.25, -0.2) is 9.98 Å². The summed E-state index contributed by atoms with van der Waals surface area (Å²) < 4.78 is 0. The van der Waals surface area contributed by atoms with Crippen LogP contribution in [0.5, 0.6) is 0 Å². The Morgan fingerprint density at radius 1 is 1.47 bits per heavy atom. The second-order valence-corrected chi connectivity index (χ2v) is 4.29. The van der Waals surface area contributed by atoms with Crippen molar-refractivity contribution in [3.8, 4) is 0 Å². The first kappa shape index (κ1) is 13.3. The molecule has 19 heavy (non-hydrogen) atoms. The highest BCUT2D eigenvalue weighted by atomic mass is 32.1. The molecule has 2 rings (SSSR count). The third-order valence-electron chi connectivity index (χ3n) is 2.55. The van der Waals surface area contributed by atoms with E-state index in [0.29, 0.717) is 23.2 Å². The Morgan fingerprint density at radius 2 is 2.16 bits per heavy atom. The lowest BCUT2D eigenvalue weighted by molar-refractivity contribution is -0.115. The molecule has 0 radical (unpaired) electrons. The number of amides is 1. The highest BCUT2D eigenvalue weighted by Crippen LogP contribution is 2.22. The summed E-state index contributed by atoms with van der Waals surface area (Å²) >= 11 is 5.23. The molecule has 2 aliphatic rings. The summed E-state index contributed by atoms with van der Waals surface area (Å²) in [5, 5.41) is 2.33. The minimum atomic E-state index is -0.318. The van der Waals surface area contributed by atoms with Gasteiger partial charge in [0.2, 0.25) is 5.91 Å². The van der Waals surface area contributed by atoms with Crippen LogP contribution in [0.25, 0.3) is 0 Å². The van der Waals surface area contributed by atoms with Crippen molar-refractivity contribution in [2.75, 3.05) is 13.6 Å². The zero-order valence-electron chi connectivity index (χ0n) is 10.9. The largest absolute Gasteiger partial charge is 0.301 e. The third-order valence-corrected chi connectivity index (χ3v) is 2.86. The highest BCUT2D eigenvalue weighted by molar-refractivity contribution is 7.80. The van der Waals surface area contributed by atoms with Gasteiger partial charge in [-0.2, -0.15) is 4.99 Å². The van der Waals surface area contributed by atoms with Crippen LogP contribution in [0.2, 0.25) is 0 Å². The molecule has 0 bridgehead atoms. The molecular weight excluding hydrogens is 264 g/mol. The Hall–Kier alpha value is -2.09. The van der Waals surface area contributed by atoms with Gasteiger partial charge < -0.3 is 4.90 Å². The maximum absolute atomic E-state index is 11.2. The molecule has 1 saturated heterocycles. The van der Waals surface area contributed by atoms with E-state index in [2.05, 4.69) is 20.4 Å². The minimum Gasteiger partial charge on any atom is -0.301 e. The smallest absolute Gasteiger partial charge is 0.244 e. The molecule has 0 aromatic carbocycles. The van der Waals surface area contributed by atoms with E-state index in [4.69, 9.17) is 12.2 Å². The predicted molar refractivity (Wildman–Crippen MR) is 78.0 cm³/mol. The van der Waals surface area contributed by atoms with Gasteiger partial charge in [0.15, 0.2) is 22.5 Å². The number of carbonyl (C=O) groups excluding carboxylic acids is 1. The molecule has 1 fully saturated rings. The summed E-state index contributed by atoms with van der Waals surface area (Å²) in [6.07, 6.45) is 3.06. The summed E-state index contributed by atoms with van der Waals surface area (Å²) in [7, 11) is 1.82. The van der Waals surface area contributed by atoms with E-state index < -0.39 is 0 Å². The fourth-order valence-corrected chi connectivity index (χ4v) is 2.19. The van der Waals surface area contributed by atoms with Gasteiger partial charge in [-0.3, -0.25) is 15.2 Å². The number of hydrogen-bond acceptors (Lipinski definition) is 4. The van der Waals surface area contributed by atoms with Crippen LogP contribution in [0.4, 0.5) is 0 Å². The van der Waals surface area contributed by atoms with Crippen molar-refractivity contribution >= 4 is 41.5 Å². The average Bonchev–Trinajstić information content (AvgIpc) is 2.63. The van der Waals surface area contributed by atoms with E-state index in [9.17, 15) is 4.79 Å². The lowest BCUT2D eigenvalue weighted by Crippen LogP contribution is -2.29. The van der Waals surface area contributed by atoms with Crippen LogP contribution in [0.15, 0.2) is 26.5 Å². The first-order chi connectivity index (χ1) is 9.04. The molecule has 0 spiro atoms. The fourth-order valence-electron chi connectivity index (χ4n) is 1.83. The molecule has 8 heteroatoms. The first-order valence-electron chi connectivity index (χ1n) is 5.77. The quantitative estimate of drug-likeness (QED) is 0.699. The van der Waals surface area contributed by atoms with Crippen LogP contribution in [0.3, 0.4) is 0 Å². The van der Waals surface area contributed by atoms with Crippen molar-refractivity contribution in [3.05, 3.63) is 11.5 Å². The van der Waals surface area contributed by atoms with Crippen molar-refractivity contribution in [1.29, 1.82) is 0 Å². The monoisotopic (exact) mass is 278 g/mol. The van der Waals surface area contributed by atoms with Crippen molar-refractivity contribution in [2.24, 2.45) is 15.0 Å². The Morgan fingerprint density at radius 3 is 2.79 bits per heavy atom. The first-order valence-corrected chi connectivity index (χ1v) is 6.18. The van der Waals surface area contributed by atoms with Crippen LogP contribution in [-0.4, -0.2) is 52.8 Å². The number of aliphatic imine (C=N–C) groups is 3. The molecule has 0 atom stereocenters. The Kier molecular flexibility index (Phi) is 3.70.